The fraction of sp³-hybridized carbons (Fsp3) is 0.750. The van der Waals surface area contributed by atoms with Gasteiger partial charge in [-0.05, 0) is 27.3 Å². The normalized spacial score (nSPS) is 17.0. The van der Waals surface area contributed by atoms with Crippen molar-refractivity contribution < 1.29 is 4.74 Å². The molecule has 0 saturated heterocycles. The smallest absolute Gasteiger partial charge is 0.0941 e. The zero-order chi connectivity index (χ0) is 12.0. The number of hydrogen-bond donors (Lipinski definition) is 1. The summed E-state index contributed by atoms with van der Waals surface area (Å²) in [5.41, 5.74) is -0.116. The van der Waals surface area contributed by atoms with E-state index < -0.39 is 0 Å². The van der Waals surface area contributed by atoms with Crippen LogP contribution in [0.15, 0.2) is 11.6 Å². The van der Waals surface area contributed by atoms with Crippen molar-refractivity contribution in [2.45, 2.75) is 45.3 Å². The molecular formula is C12H22N2OS. The second kappa shape index (κ2) is 6.33. The summed E-state index contributed by atoms with van der Waals surface area (Å²) in [6.45, 7) is 7.14. The number of nitrogens with zero attached hydrogens (tertiary/aromatic N) is 1. The van der Waals surface area contributed by atoms with Crippen molar-refractivity contribution in [1.29, 1.82) is 0 Å². The van der Waals surface area contributed by atoms with Crippen LogP contribution in [-0.4, -0.2) is 30.3 Å². The molecule has 2 unspecified atom stereocenters. The van der Waals surface area contributed by atoms with Gasteiger partial charge in [0.25, 0.3) is 0 Å². The van der Waals surface area contributed by atoms with Gasteiger partial charge in [-0.25, -0.2) is 4.98 Å². The summed E-state index contributed by atoms with van der Waals surface area (Å²) in [5, 5.41) is 6.54. The summed E-state index contributed by atoms with van der Waals surface area (Å²) in [6.07, 6.45) is 3.78. The predicted molar refractivity (Wildman–Crippen MR) is 69.0 cm³/mol. The Hall–Kier alpha value is -0.450. The van der Waals surface area contributed by atoms with Gasteiger partial charge in [-0.3, -0.25) is 0 Å². The molecule has 0 spiro atoms. The van der Waals surface area contributed by atoms with Gasteiger partial charge in [0.05, 0.1) is 10.6 Å². The molecule has 0 radical (unpaired) electrons. The quantitative estimate of drug-likeness (QED) is 0.797. The first kappa shape index (κ1) is 13.6. The van der Waals surface area contributed by atoms with Crippen molar-refractivity contribution in [3.8, 4) is 0 Å². The molecule has 0 fully saturated rings. The zero-order valence-electron chi connectivity index (χ0n) is 10.6. The van der Waals surface area contributed by atoms with Crippen LogP contribution < -0.4 is 5.32 Å². The van der Waals surface area contributed by atoms with Gasteiger partial charge in [0.2, 0.25) is 0 Å². The second-order valence-electron chi connectivity index (χ2n) is 4.07. The number of thiazole rings is 1. The monoisotopic (exact) mass is 242 g/mol. The zero-order valence-corrected chi connectivity index (χ0v) is 11.4. The van der Waals surface area contributed by atoms with Crippen LogP contribution in [0.2, 0.25) is 0 Å². The molecule has 92 valence electrons. The molecule has 1 aromatic heterocycles. The lowest BCUT2D eigenvalue weighted by atomic mass is 9.91. The van der Waals surface area contributed by atoms with Crippen LogP contribution in [0, 0.1) is 0 Å². The largest absolute Gasteiger partial charge is 0.374 e. The topological polar surface area (TPSA) is 34.1 Å². The van der Waals surface area contributed by atoms with E-state index in [9.17, 15) is 0 Å². The Labute approximate surface area is 102 Å². The van der Waals surface area contributed by atoms with E-state index in [0.717, 1.165) is 19.4 Å². The summed E-state index contributed by atoms with van der Waals surface area (Å²) in [4.78, 5) is 4.33. The molecule has 1 N–H and O–H groups in total. The molecule has 1 aromatic rings. The molecule has 0 bridgehead atoms. The average molecular weight is 242 g/mol. The van der Waals surface area contributed by atoms with Crippen LogP contribution in [0.25, 0.3) is 0 Å². The van der Waals surface area contributed by atoms with E-state index in [0.29, 0.717) is 6.04 Å². The first-order valence-corrected chi connectivity index (χ1v) is 6.73. The summed E-state index contributed by atoms with van der Waals surface area (Å²) >= 11 is 1.70. The fourth-order valence-electron chi connectivity index (χ4n) is 1.93. The van der Waals surface area contributed by atoms with Gasteiger partial charge >= 0.3 is 0 Å². The van der Waals surface area contributed by atoms with Gasteiger partial charge in [-0.2, -0.15) is 0 Å². The van der Waals surface area contributed by atoms with Crippen LogP contribution in [-0.2, 0) is 11.2 Å². The van der Waals surface area contributed by atoms with Gasteiger partial charge < -0.3 is 10.1 Å². The van der Waals surface area contributed by atoms with E-state index in [-0.39, 0.29) is 5.60 Å². The molecule has 1 heterocycles. The van der Waals surface area contributed by atoms with Crippen molar-refractivity contribution in [3.63, 3.8) is 0 Å². The van der Waals surface area contributed by atoms with Gasteiger partial charge in [0.15, 0.2) is 0 Å². The molecule has 16 heavy (non-hydrogen) atoms. The van der Waals surface area contributed by atoms with Crippen molar-refractivity contribution in [2.24, 2.45) is 0 Å². The lowest BCUT2D eigenvalue weighted by Gasteiger charge is -2.36. The van der Waals surface area contributed by atoms with Gasteiger partial charge in [-0.1, -0.05) is 6.92 Å². The minimum absolute atomic E-state index is 0.116. The molecule has 4 heteroatoms. The van der Waals surface area contributed by atoms with E-state index in [2.05, 4.69) is 24.1 Å². The standard InChI is InChI=1S/C12H22N2OS/c1-5-12(3,15-6-2)10(13-4)9-11-14-7-8-16-11/h7-8,10,13H,5-6,9H2,1-4H3. The number of aromatic nitrogens is 1. The van der Waals surface area contributed by atoms with E-state index in [4.69, 9.17) is 4.74 Å². The van der Waals surface area contributed by atoms with E-state index in [1.165, 1.54) is 5.01 Å². The molecule has 0 aliphatic carbocycles. The molecule has 2 atom stereocenters. The third kappa shape index (κ3) is 3.27. The lowest BCUT2D eigenvalue weighted by Crippen LogP contribution is -2.50. The highest BCUT2D eigenvalue weighted by atomic mass is 32.1. The maximum atomic E-state index is 5.89. The molecule has 0 amide bonds. The first-order valence-electron chi connectivity index (χ1n) is 5.85. The van der Waals surface area contributed by atoms with Crippen LogP contribution in [0.4, 0.5) is 0 Å². The molecular weight excluding hydrogens is 220 g/mol. The Morgan fingerprint density at radius 2 is 2.31 bits per heavy atom. The fourth-order valence-corrected chi connectivity index (χ4v) is 2.59. The molecule has 0 aliphatic rings. The highest BCUT2D eigenvalue weighted by Gasteiger charge is 2.32. The number of nitrogens with one attached hydrogen (secondary N) is 1. The SMILES string of the molecule is CCOC(C)(CC)C(Cc1nccs1)NC. The number of ether oxygens (including phenoxy) is 1. The molecule has 0 aliphatic heterocycles. The van der Waals surface area contributed by atoms with E-state index >= 15 is 0 Å². The Balaban J connectivity index is 2.71. The van der Waals surface area contributed by atoms with Gasteiger partial charge in [-0.15, -0.1) is 11.3 Å². The maximum Gasteiger partial charge on any atom is 0.0941 e. The van der Waals surface area contributed by atoms with Crippen LogP contribution in [0.1, 0.15) is 32.2 Å². The minimum Gasteiger partial charge on any atom is -0.374 e. The Morgan fingerprint density at radius 3 is 2.75 bits per heavy atom. The van der Waals surface area contributed by atoms with E-state index in [1.54, 1.807) is 11.3 Å². The molecule has 0 saturated carbocycles. The van der Waals surface area contributed by atoms with E-state index in [1.807, 2.05) is 25.5 Å². The Bertz CT molecular complexity index is 289. The van der Waals surface area contributed by atoms with Gasteiger partial charge in [0, 0.05) is 30.6 Å². The van der Waals surface area contributed by atoms with Crippen molar-refractivity contribution in [1.82, 2.24) is 10.3 Å². The third-order valence-corrected chi connectivity index (χ3v) is 3.93. The Kier molecular flexibility index (Phi) is 5.38. The average Bonchev–Trinajstić information content (AvgIpc) is 2.78. The van der Waals surface area contributed by atoms with Crippen LogP contribution >= 0.6 is 11.3 Å². The summed E-state index contributed by atoms with van der Waals surface area (Å²) < 4.78 is 5.89. The maximum absolute atomic E-state index is 5.89. The molecule has 1 rings (SSSR count). The highest BCUT2D eigenvalue weighted by Crippen LogP contribution is 2.23. The number of rotatable bonds is 7. The minimum atomic E-state index is -0.116. The Morgan fingerprint density at radius 1 is 1.56 bits per heavy atom. The second-order valence-corrected chi connectivity index (χ2v) is 5.05. The summed E-state index contributed by atoms with van der Waals surface area (Å²) in [5.74, 6) is 0. The predicted octanol–water partition coefficient (Wildman–Crippen LogP) is 2.48. The van der Waals surface area contributed by atoms with Crippen molar-refractivity contribution in [2.75, 3.05) is 13.7 Å². The number of likely N-dealkylation sites (N-methyl/N-ethyl adjacent to an activating group) is 1. The van der Waals surface area contributed by atoms with Crippen LogP contribution in [0.3, 0.4) is 0 Å². The summed E-state index contributed by atoms with van der Waals surface area (Å²) in [7, 11) is 1.99. The highest BCUT2D eigenvalue weighted by molar-refractivity contribution is 7.09. The van der Waals surface area contributed by atoms with Gasteiger partial charge in [0.1, 0.15) is 0 Å². The molecule has 0 aromatic carbocycles. The van der Waals surface area contributed by atoms with Crippen molar-refractivity contribution >= 4 is 11.3 Å². The summed E-state index contributed by atoms with van der Waals surface area (Å²) in [6, 6.07) is 0.309. The first-order chi connectivity index (χ1) is 7.66. The van der Waals surface area contributed by atoms with Crippen LogP contribution in [0.5, 0.6) is 0 Å². The third-order valence-electron chi connectivity index (χ3n) is 3.12. The van der Waals surface area contributed by atoms with Crippen molar-refractivity contribution in [3.05, 3.63) is 16.6 Å². The number of hydrogen-bond acceptors (Lipinski definition) is 4. The lowest BCUT2D eigenvalue weighted by molar-refractivity contribution is -0.0534. The molecule has 3 nitrogen and oxygen atoms in total.